The number of phenols is 2. The number of nitrogens with two attached hydrogens (primary N) is 1. The number of carbonyl (C=O) groups excluding carboxylic acids is 2. The number of primary amides is 1. The van der Waals surface area contributed by atoms with Gasteiger partial charge in [0, 0.05) is 29.2 Å². The van der Waals surface area contributed by atoms with E-state index in [1.54, 1.807) is 36.4 Å². The molecule has 4 rings (SSSR count). The molecule has 0 saturated carbocycles. The van der Waals surface area contributed by atoms with Crippen LogP contribution in [-0.4, -0.2) is 42.9 Å². The third-order valence-electron chi connectivity index (χ3n) is 5.96. The minimum Gasteiger partial charge on any atom is -0.507 e. The van der Waals surface area contributed by atoms with Crippen molar-refractivity contribution in [3.63, 3.8) is 0 Å². The van der Waals surface area contributed by atoms with Crippen LogP contribution in [0.25, 0.3) is 22.3 Å². The number of esters is 1. The number of methoxy groups -OCH3 is 2. The molecule has 1 atom stereocenters. The maximum Gasteiger partial charge on any atom is 0.306 e. The Morgan fingerprint density at radius 1 is 0.974 bits per heavy atom. The smallest absolute Gasteiger partial charge is 0.306 e. The summed E-state index contributed by atoms with van der Waals surface area (Å²) in [4.78, 5) is 36.7. The molecule has 0 spiro atoms. The molecular weight excluding hydrogens is 494 g/mol. The lowest BCUT2D eigenvalue weighted by Crippen LogP contribution is -2.20. The maximum absolute atomic E-state index is 13.1. The number of carbonyl (C=O) groups is 2. The number of amides is 1. The van der Waals surface area contributed by atoms with Gasteiger partial charge in [-0.1, -0.05) is 36.4 Å². The van der Waals surface area contributed by atoms with E-state index in [-0.39, 0.29) is 46.8 Å². The summed E-state index contributed by atoms with van der Waals surface area (Å²) in [6.45, 7) is -0.377. The molecule has 0 unspecified atom stereocenters. The van der Waals surface area contributed by atoms with Crippen molar-refractivity contribution in [1.82, 2.24) is 0 Å². The molecule has 0 aliphatic rings. The van der Waals surface area contributed by atoms with Crippen LogP contribution in [0.4, 0.5) is 0 Å². The van der Waals surface area contributed by atoms with Crippen molar-refractivity contribution >= 4 is 22.8 Å². The first-order chi connectivity index (χ1) is 18.2. The van der Waals surface area contributed by atoms with Crippen molar-refractivity contribution in [2.75, 3.05) is 20.8 Å². The number of hydrogen-bond donors (Lipinski definition) is 3. The fraction of sp³-hybridized carbons (Fsp3) is 0.179. The van der Waals surface area contributed by atoms with Gasteiger partial charge >= 0.3 is 5.97 Å². The molecule has 38 heavy (non-hydrogen) atoms. The molecule has 0 radical (unpaired) electrons. The summed E-state index contributed by atoms with van der Waals surface area (Å²) in [5.74, 6) is -2.39. The van der Waals surface area contributed by atoms with Gasteiger partial charge in [0.2, 0.25) is 0 Å². The minimum absolute atomic E-state index is 0.0872. The quantitative estimate of drug-likeness (QED) is 0.282. The Balaban J connectivity index is 1.97. The van der Waals surface area contributed by atoms with Crippen LogP contribution in [0.2, 0.25) is 0 Å². The van der Waals surface area contributed by atoms with E-state index in [0.717, 1.165) is 6.07 Å². The molecule has 4 N–H and O–H groups in total. The molecule has 1 aromatic heterocycles. The monoisotopic (exact) mass is 519 g/mol. The number of benzene rings is 3. The molecule has 1 heterocycles. The lowest BCUT2D eigenvalue weighted by atomic mass is 9.86. The Labute approximate surface area is 216 Å². The predicted molar refractivity (Wildman–Crippen MR) is 137 cm³/mol. The fourth-order valence-corrected chi connectivity index (χ4v) is 4.21. The Morgan fingerprint density at radius 3 is 2.37 bits per heavy atom. The average Bonchev–Trinajstić information content (AvgIpc) is 2.90. The second kappa shape index (κ2) is 11.0. The summed E-state index contributed by atoms with van der Waals surface area (Å²) < 4.78 is 21.8. The van der Waals surface area contributed by atoms with E-state index in [1.165, 1.54) is 26.4 Å². The van der Waals surface area contributed by atoms with E-state index >= 15 is 0 Å². The molecule has 0 aliphatic heterocycles. The zero-order valence-electron chi connectivity index (χ0n) is 20.6. The Hall–Kier alpha value is -4.99. The number of fused-ring (bicyclic) bond motifs is 1. The van der Waals surface area contributed by atoms with Crippen LogP contribution >= 0.6 is 0 Å². The maximum atomic E-state index is 13.1. The van der Waals surface area contributed by atoms with Gasteiger partial charge in [-0.25, -0.2) is 0 Å². The van der Waals surface area contributed by atoms with Gasteiger partial charge < -0.3 is 34.6 Å². The summed E-state index contributed by atoms with van der Waals surface area (Å²) >= 11 is 0. The zero-order valence-corrected chi connectivity index (χ0v) is 20.6. The standard InChI is InChI=1S/C28H25NO9/c1-35-23-10-16(8-9-21(23)37-14-24(29)33)17(11-25(34)36-2)26-18(30)12-19(31)27-20(32)13-22(38-28(26)27)15-6-4-3-5-7-15/h3-10,12-13,17,30-31H,11,14H2,1-2H3,(H2,29,33)/t17-/m0/s1. The highest BCUT2D eigenvalue weighted by molar-refractivity contribution is 5.90. The van der Waals surface area contributed by atoms with Gasteiger partial charge in [-0.3, -0.25) is 14.4 Å². The molecule has 10 heteroatoms. The lowest BCUT2D eigenvalue weighted by Gasteiger charge is -2.21. The largest absolute Gasteiger partial charge is 0.507 e. The summed E-state index contributed by atoms with van der Waals surface area (Å²) in [6, 6.07) is 15.8. The predicted octanol–water partition coefficient (Wildman–Crippen LogP) is 3.44. The van der Waals surface area contributed by atoms with Crippen molar-refractivity contribution in [1.29, 1.82) is 0 Å². The van der Waals surface area contributed by atoms with Gasteiger partial charge in [0.25, 0.3) is 5.91 Å². The Kier molecular flexibility index (Phi) is 7.52. The van der Waals surface area contributed by atoms with Crippen LogP contribution in [-0.2, 0) is 14.3 Å². The third-order valence-corrected chi connectivity index (χ3v) is 5.96. The van der Waals surface area contributed by atoms with Crippen molar-refractivity contribution in [3.8, 4) is 34.3 Å². The van der Waals surface area contributed by atoms with Crippen LogP contribution in [0, 0.1) is 0 Å². The topological polar surface area (TPSA) is 159 Å². The second-order valence-corrected chi connectivity index (χ2v) is 8.37. The average molecular weight is 520 g/mol. The number of phenolic OH excluding ortho intramolecular Hbond substituents is 2. The van der Waals surface area contributed by atoms with Gasteiger partial charge in [-0.2, -0.15) is 0 Å². The lowest BCUT2D eigenvalue weighted by molar-refractivity contribution is -0.140. The first-order valence-electron chi connectivity index (χ1n) is 11.5. The van der Waals surface area contributed by atoms with Gasteiger partial charge in [-0.15, -0.1) is 0 Å². The van der Waals surface area contributed by atoms with Gasteiger partial charge in [-0.05, 0) is 17.7 Å². The summed E-state index contributed by atoms with van der Waals surface area (Å²) in [6.07, 6.45) is -0.256. The summed E-state index contributed by atoms with van der Waals surface area (Å²) in [5.41, 5.74) is 5.70. The van der Waals surface area contributed by atoms with E-state index < -0.39 is 34.7 Å². The normalized spacial score (nSPS) is 11.6. The van der Waals surface area contributed by atoms with Crippen molar-refractivity contribution < 1.29 is 38.4 Å². The zero-order chi connectivity index (χ0) is 27.4. The van der Waals surface area contributed by atoms with Gasteiger partial charge in [0.15, 0.2) is 23.5 Å². The van der Waals surface area contributed by atoms with Crippen LogP contribution in [0.3, 0.4) is 0 Å². The molecule has 10 nitrogen and oxygen atoms in total. The molecule has 0 saturated heterocycles. The van der Waals surface area contributed by atoms with Crippen LogP contribution < -0.4 is 20.6 Å². The fourth-order valence-electron chi connectivity index (χ4n) is 4.21. The van der Waals surface area contributed by atoms with Crippen molar-refractivity contribution in [3.05, 3.63) is 82.0 Å². The number of hydrogen-bond acceptors (Lipinski definition) is 9. The van der Waals surface area contributed by atoms with Crippen molar-refractivity contribution in [2.24, 2.45) is 5.73 Å². The van der Waals surface area contributed by atoms with Gasteiger partial charge in [0.1, 0.15) is 28.2 Å². The first kappa shape index (κ1) is 26.1. The van der Waals surface area contributed by atoms with E-state index in [2.05, 4.69) is 0 Å². The molecule has 3 aromatic carbocycles. The Morgan fingerprint density at radius 2 is 1.71 bits per heavy atom. The molecule has 0 fully saturated rings. The summed E-state index contributed by atoms with van der Waals surface area (Å²) in [7, 11) is 2.62. The number of rotatable bonds is 9. The molecular formula is C28H25NO9. The molecule has 0 aliphatic carbocycles. The second-order valence-electron chi connectivity index (χ2n) is 8.37. The minimum atomic E-state index is -0.904. The van der Waals surface area contributed by atoms with Crippen LogP contribution in [0.1, 0.15) is 23.5 Å². The molecule has 4 aromatic rings. The van der Waals surface area contributed by atoms with E-state index in [1.807, 2.05) is 6.07 Å². The van der Waals surface area contributed by atoms with Crippen molar-refractivity contribution in [2.45, 2.75) is 12.3 Å². The molecule has 196 valence electrons. The van der Waals surface area contributed by atoms with E-state index in [9.17, 15) is 24.6 Å². The molecule has 0 bridgehead atoms. The highest BCUT2D eigenvalue weighted by atomic mass is 16.5. The number of aromatic hydroxyl groups is 2. The van der Waals surface area contributed by atoms with Gasteiger partial charge in [0.05, 0.1) is 20.6 Å². The SMILES string of the molecule is COC(=O)C[C@@H](c1ccc(OCC(N)=O)c(OC)c1)c1c(O)cc(O)c2c(=O)cc(-c3ccccc3)oc12. The molecule has 1 amide bonds. The first-order valence-corrected chi connectivity index (χ1v) is 11.5. The highest BCUT2D eigenvalue weighted by Crippen LogP contribution is 2.44. The highest BCUT2D eigenvalue weighted by Gasteiger charge is 2.29. The third kappa shape index (κ3) is 5.24. The Bertz CT molecular complexity index is 1560. The number of ether oxygens (including phenoxy) is 3. The van der Waals surface area contributed by atoms with E-state index in [0.29, 0.717) is 11.1 Å². The van der Waals surface area contributed by atoms with Crippen LogP contribution in [0.15, 0.2) is 69.9 Å². The van der Waals surface area contributed by atoms with Crippen LogP contribution in [0.5, 0.6) is 23.0 Å². The summed E-state index contributed by atoms with van der Waals surface area (Å²) in [5, 5.41) is 21.4. The van der Waals surface area contributed by atoms with E-state index in [4.69, 9.17) is 24.4 Å².